The first-order valence-corrected chi connectivity index (χ1v) is 13.3. The Morgan fingerprint density at radius 2 is 2.00 bits per heavy atom. The van der Waals surface area contributed by atoms with E-state index in [-0.39, 0.29) is 24.9 Å². The molecule has 12 nitrogen and oxygen atoms in total. The normalized spacial score (nSPS) is 31.2. The van der Waals surface area contributed by atoms with Crippen LogP contribution in [-0.4, -0.2) is 78.6 Å². The number of hydrogen-bond donors (Lipinski definition) is 3. The predicted molar refractivity (Wildman–Crippen MR) is 136 cm³/mol. The molecule has 0 bridgehead atoms. The largest absolute Gasteiger partial charge is 0.479 e. The molecule has 4 rings (SSSR count). The second-order valence-electron chi connectivity index (χ2n) is 11.5. The third-order valence-electron chi connectivity index (χ3n) is 7.28. The summed E-state index contributed by atoms with van der Waals surface area (Å²) < 4.78 is 5.40. The van der Waals surface area contributed by atoms with Crippen LogP contribution in [-0.2, 0) is 19.1 Å². The summed E-state index contributed by atoms with van der Waals surface area (Å²) in [4.78, 5) is 55.2. The van der Waals surface area contributed by atoms with E-state index in [2.05, 4.69) is 20.8 Å². The van der Waals surface area contributed by atoms with Crippen molar-refractivity contribution in [3.63, 3.8) is 0 Å². The predicted octanol–water partition coefficient (Wildman–Crippen LogP) is 2.10. The van der Waals surface area contributed by atoms with Gasteiger partial charge in [0, 0.05) is 18.9 Å². The summed E-state index contributed by atoms with van der Waals surface area (Å²) in [5.41, 5.74) is -1.42. The van der Waals surface area contributed by atoms with Crippen molar-refractivity contribution in [3.05, 3.63) is 24.0 Å². The Balaban J connectivity index is 1.63. The van der Waals surface area contributed by atoms with Crippen molar-refractivity contribution >= 4 is 23.9 Å². The molecule has 0 aromatic carbocycles. The minimum atomic E-state index is -1.38. The summed E-state index contributed by atoms with van der Waals surface area (Å²) in [5, 5.41) is 24.1. The number of rotatable bonds is 3. The maximum absolute atomic E-state index is 13.9. The Bertz CT molecular complexity index is 1110. The van der Waals surface area contributed by atoms with Gasteiger partial charge in [-0.2, -0.15) is 15.0 Å². The maximum Gasteiger partial charge on any atom is 0.408 e. The second kappa shape index (κ2) is 10.7. The molecular weight excluding hydrogens is 492 g/mol. The second-order valence-corrected chi connectivity index (χ2v) is 11.5. The number of aliphatic carboxylic acids is 1. The van der Waals surface area contributed by atoms with Crippen LogP contribution in [0, 0.1) is 12.8 Å². The van der Waals surface area contributed by atoms with Crippen molar-refractivity contribution in [2.24, 2.45) is 5.92 Å². The van der Waals surface area contributed by atoms with Gasteiger partial charge in [-0.1, -0.05) is 25.0 Å². The molecule has 1 saturated carbocycles. The van der Waals surface area contributed by atoms with Gasteiger partial charge < -0.3 is 25.4 Å². The fourth-order valence-electron chi connectivity index (χ4n) is 5.23. The average molecular weight is 531 g/mol. The first kappa shape index (κ1) is 27.6. The minimum absolute atomic E-state index is 0.154. The highest BCUT2D eigenvalue weighted by atomic mass is 16.6. The molecule has 1 aromatic heterocycles. The fourth-order valence-corrected chi connectivity index (χ4v) is 5.23. The van der Waals surface area contributed by atoms with Crippen molar-refractivity contribution in [1.82, 2.24) is 30.5 Å². The molecule has 5 atom stereocenters. The Morgan fingerprint density at radius 3 is 2.66 bits per heavy atom. The van der Waals surface area contributed by atoms with E-state index < -0.39 is 47.1 Å². The molecule has 2 aliphatic heterocycles. The van der Waals surface area contributed by atoms with Gasteiger partial charge in [-0.3, -0.25) is 9.59 Å². The molecule has 3 aliphatic rings. The van der Waals surface area contributed by atoms with Crippen LogP contribution in [0.15, 0.2) is 18.3 Å². The van der Waals surface area contributed by atoms with Gasteiger partial charge in [0.25, 0.3) is 0 Å². The number of amides is 3. The van der Waals surface area contributed by atoms with Crippen LogP contribution in [0.2, 0.25) is 0 Å². The van der Waals surface area contributed by atoms with Crippen LogP contribution < -0.4 is 10.6 Å². The molecule has 3 N–H and O–H groups in total. The fraction of sp³-hybridized carbons (Fsp3) is 0.692. The van der Waals surface area contributed by atoms with E-state index in [9.17, 15) is 24.3 Å². The smallest absolute Gasteiger partial charge is 0.408 e. The Hall–Kier alpha value is -3.44. The van der Waals surface area contributed by atoms with Gasteiger partial charge in [0.15, 0.2) is 0 Å². The third-order valence-corrected chi connectivity index (χ3v) is 7.28. The number of aryl methyl sites for hydroxylation is 1. The highest BCUT2D eigenvalue weighted by molar-refractivity contribution is 5.96. The van der Waals surface area contributed by atoms with E-state index in [1.54, 1.807) is 33.9 Å². The lowest BCUT2D eigenvalue weighted by Gasteiger charge is -2.30. The van der Waals surface area contributed by atoms with Crippen LogP contribution in [0.5, 0.6) is 0 Å². The monoisotopic (exact) mass is 530 g/mol. The van der Waals surface area contributed by atoms with Crippen molar-refractivity contribution in [2.75, 3.05) is 6.54 Å². The number of aromatic nitrogens is 3. The van der Waals surface area contributed by atoms with Crippen LogP contribution in [0.1, 0.15) is 77.5 Å². The number of allylic oxidation sites excluding steroid dienone is 1. The molecule has 12 heteroatoms. The first-order chi connectivity index (χ1) is 17.9. The SMILES string of the molecule is Cc1cnn([C@@H]2C[C@H]3C(=O)N[C@]4(C(=O)O)C[C@H]4/C=C\CCCCC[C@H](NC(=O)OC(C)(C)C)C(=O)N3C2)n1. The number of nitrogens with one attached hydrogen (secondary N) is 2. The van der Waals surface area contributed by atoms with Crippen molar-refractivity contribution in [3.8, 4) is 0 Å². The molecule has 3 heterocycles. The summed E-state index contributed by atoms with van der Waals surface area (Å²) >= 11 is 0. The maximum atomic E-state index is 13.9. The lowest BCUT2D eigenvalue weighted by Crippen LogP contribution is -2.56. The standard InChI is InChI=1S/C26H38N6O6/c1-16-14-27-32(30-16)18-12-20-21(33)29-26(23(35)36)13-17(26)10-8-6-5-7-9-11-19(22(34)31(20)15-18)28-24(37)38-25(2,3)4/h8,10,14,17-20H,5-7,9,11-13,15H2,1-4H3,(H,28,37)(H,29,33)(H,35,36)/b10-8-/t17-,18-,19+,20+,26-/m1/s1. The van der Waals surface area contributed by atoms with Crippen molar-refractivity contribution < 1.29 is 29.0 Å². The van der Waals surface area contributed by atoms with E-state index >= 15 is 0 Å². The number of carboxylic acids is 1. The lowest BCUT2D eigenvalue weighted by atomic mass is 10.0. The molecule has 2 fully saturated rings. The summed E-state index contributed by atoms with van der Waals surface area (Å²) in [5.74, 6) is -2.33. The molecule has 208 valence electrons. The third kappa shape index (κ3) is 6.16. The van der Waals surface area contributed by atoms with E-state index in [1.165, 1.54) is 9.70 Å². The number of alkyl carbamates (subject to hydrolysis) is 1. The van der Waals surface area contributed by atoms with Gasteiger partial charge in [0.1, 0.15) is 23.2 Å². The van der Waals surface area contributed by atoms with Gasteiger partial charge in [-0.25, -0.2) is 9.59 Å². The lowest BCUT2D eigenvalue weighted by molar-refractivity contribution is -0.145. The molecule has 38 heavy (non-hydrogen) atoms. The zero-order valence-corrected chi connectivity index (χ0v) is 22.5. The topological polar surface area (TPSA) is 156 Å². The summed E-state index contributed by atoms with van der Waals surface area (Å²) in [6.07, 6.45) is 8.80. The van der Waals surface area contributed by atoms with E-state index in [0.717, 1.165) is 19.3 Å². The van der Waals surface area contributed by atoms with Crippen LogP contribution in [0.25, 0.3) is 0 Å². The number of nitrogens with zero attached hydrogens (tertiary/aromatic N) is 4. The Kier molecular flexibility index (Phi) is 7.80. The molecule has 0 unspecified atom stereocenters. The molecule has 0 radical (unpaired) electrons. The van der Waals surface area contributed by atoms with Gasteiger partial charge in [-0.05, 0) is 53.4 Å². The number of carboxylic acid groups (broad SMARTS) is 1. The van der Waals surface area contributed by atoms with Crippen LogP contribution in [0.4, 0.5) is 4.79 Å². The summed E-state index contributed by atoms with van der Waals surface area (Å²) in [6, 6.07) is -2.21. The van der Waals surface area contributed by atoms with Gasteiger partial charge in [-0.15, -0.1) is 0 Å². The Morgan fingerprint density at radius 1 is 1.24 bits per heavy atom. The van der Waals surface area contributed by atoms with Gasteiger partial charge >= 0.3 is 12.1 Å². The molecule has 0 spiro atoms. The molecular formula is C26H38N6O6. The van der Waals surface area contributed by atoms with E-state index in [0.29, 0.717) is 25.0 Å². The Labute approximate surface area is 222 Å². The van der Waals surface area contributed by atoms with Crippen LogP contribution in [0.3, 0.4) is 0 Å². The van der Waals surface area contributed by atoms with Crippen molar-refractivity contribution in [2.45, 2.75) is 102 Å². The number of hydrogen-bond acceptors (Lipinski definition) is 7. The minimum Gasteiger partial charge on any atom is -0.479 e. The zero-order valence-electron chi connectivity index (χ0n) is 22.5. The van der Waals surface area contributed by atoms with E-state index in [4.69, 9.17) is 4.74 Å². The molecule has 1 aromatic rings. The summed E-state index contributed by atoms with van der Waals surface area (Å²) in [7, 11) is 0. The number of fused-ring (bicyclic) bond motifs is 2. The van der Waals surface area contributed by atoms with Crippen LogP contribution >= 0.6 is 0 Å². The number of ether oxygens (including phenoxy) is 1. The molecule has 1 saturated heterocycles. The molecule has 1 aliphatic carbocycles. The highest BCUT2D eigenvalue weighted by Crippen LogP contribution is 2.45. The number of carbonyl (C=O) groups is 4. The zero-order chi connectivity index (χ0) is 27.7. The highest BCUT2D eigenvalue weighted by Gasteiger charge is 2.61. The number of carbonyl (C=O) groups excluding carboxylic acids is 3. The quantitative estimate of drug-likeness (QED) is 0.502. The molecule has 3 amide bonds. The van der Waals surface area contributed by atoms with Gasteiger partial charge in [0.05, 0.1) is 17.9 Å². The summed E-state index contributed by atoms with van der Waals surface area (Å²) in [6.45, 7) is 7.18. The average Bonchev–Trinajstić information content (AvgIpc) is 3.14. The van der Waals surface area contributed by atoms with Gasteiger partial charge in [0.2, 0.25) is 11.8 Å². The van der Waals surface area contributed by atoms with Crippen molar-refractivity contribution in [1.29, 1.82) is 0 Å². The van der Waals surface area contributed by atoms with E-state index in [1.807, 2.05) is 12.2 Å². The first-order valence-electron chi connectivity index (χ1n) is 13.3.